The van der Waals surface area contributed by atoms with Gasteiger partial charge in [-0.15, -0.1) is 0 Å². The quantitative estimate of drug-likeness (QED) is 0.743. The lowest BCUT2D eigenvalue weighted by molar-refractivity contribution is 0.139. The predicted octanol–water partition coefficient (Wildman–Crippen LogP) is 5.41. The summed E-state index contributed by atoms with van der Waals surface area (Å²) < 4.78 is 5.47. The van der Waals surface area contributed by atoms with Gasteiger partial charge >= 0.3 is 6.03 Å². The van der Waals surface area contributed by atoms with Gasteiger partial charge in [0, 0.05) is 24.1 Å². The predicted molar refractivity (Wildman–Crippen MR) is 108 cm³/mol. The highest BCUT2D eigenvalue weighted by Crippen LogP contribution is 2.31. The molecule has 5 heteroatoms. The van der Waals surface area contributed by atoms with E-state index in [1.165, 1.54) is 19.3 Å². The standard InChI is InChI=1S/C22H29N3O2/c1-3-27-21-13-11-19(12-14-21)24-22(26)25(20-9-5-4-6-10-20)17(2)18-8-7-15-23-16-18/h7-8,11-17,20H,3-6,9-10H2,1-2H3,(H,24,26)/t17-/m1/s1. The van der Waals surface area contributed by atoms with Crippen LogP contribution in [0.5, 0.6) is 5.75 Å². The van der Waals surface area contributed by atoms with Gasteiger partial charge in [-0.2, -0.15) is 0 Å². The molecule has 1 atom stereocenters. The summed E-state index contributed by atoms with van der Waals surface area (Å²) in [6.07, 6.45) is 9.34. The normalized spacial score (nSPS) is 15.8. The van der Waals surface area contributed by atoms with Crippen LogP contribution in [0.15, 0.2) is 48.8 Å². The third-order valence-corrected chi connectivity index (χ3v) is 5.20. The van der Waals surface area contributed by atoms with E-state index in [2.05, 4.69) is 17.2 Å². The number of ether oxygens (including phenoxy) is 1. The summed E-state index contributed by atoms with van der Waals surface area (Å²) in [7, 11) is 0. The van der Waals surface area contributed by atoms with Crippen LogP contribution < -0.4 is 10.1 Å². The zero-order valence-electron chi connectivity index (χ0n) is 16.2. The van der Waals surface area contributed by atoms with Gasteiger partial charge in [-0.1, -0.05) is 25.3 Å². The lowest BCUT2D eigenvalue weighted by atomic mass is 9.92. The van der Waals surface area contributed by atoms with Crippen molar-refractivity contribution in [3.63, 3.8) is 0 Å². The second kappa shape index (κ2) is 9.40. The minimum Gasteiger partial charge on any atom is -0.494 e. The Balaban J connectivity index is 1.77. The maximum atomic E-state index is 13.2. The number of carbonyl (C=O) groups is 1. The average Bonchev–Trinajstić information content (AvgIpc) is 2.71. The largest absolute Gasteiger partial charge is 0.494 e. The molecular formula is C22H29N3O2. The van der Waals surface area contributed by atoms with Gasteiger partial charge in [0.05, 0.1) is 12.6 Å². The van der Waals surface area contributed by atoms with Crippen LogP contribution in [0.4, 0.5) is 10.5 Å². The molecule has 1 saturated carbocycles. The molecule has 2 amide bonds. The topological polar surface area (TPSA) is 54.5 Å². The third kappa shape index (κ3) is 5.00. The van der Waals surface area contributed by atoms with Crippen LogP contribution in [-0.4, -0.2) is 28.6 Å². The SMILES string of the molecule is CCOc1ccc(NC(=O)N(C2CCCCC2)[C@H](C)c2cccnc2)cc1. The summed E-state index contributed by atoms with van der Waals surface area (Å²) in [6.45, 7) is 4.67. The smallest absolute Gasteiger partial charge is 0.322 e. The second-order valence-electron chi connectivity index (χ2n) is 7.05. The minimum atomic E-state index is -0.0533. The number of pyridine rings is 1. The highest BCUT2D eigenvalue weighted by molar-refractivity contribution is 5.90. The number of carbonyl (C=O) groups excluding carboxylic acids is 1. The summed E-state index contributed by atoms with van der Waals surface area (Å²) in [6, 6.07) is 11.7. The van der Waals surface area contributed by atoms with E-state index in [1.54, 1.807) is 6.20 Å². The van der Waals surface area contributed by atoms with Crippen molar-refractivity contribution in [3.05, 3.63) is 54.4 Å². The van der Waals surface area contributed by atoms with Crippen molar-refractivity contribution in [2.75, 3.05) is 11.9 Å². The van der Waals surface area contributed by atoms with E-state index >= 15 is 0 Å². The van der Waals surface area contributed by atoms with Crippen LogP contribution in [0.2, 0.25) is 0 Å². The van der Waals surface area contributed by atoms with Gasteiger partial charge in [-0.3, -0.25) is 4.98 Å². The molecule has 1 heterocycles. The van der Waals surface area contributed by atoms with Gasteiger partial charge in [-0.05, 0) is 62.6 Å². The molecule has 1 fully saturated rings. The number of hydrogen-bond acceptors (Lipinski definition) is 3. The number of nitrogens with zero attached hydrogens (tertiary/aromatic N) is 2. The molecule has 0 radical (unpaired) electrons. The van der Waals surface area contributed by atoms with Crippen LogP contribution >= 0.6 is 0 Å². The molecule has 0 aliphatic heterocycles. The Kier molecular flexibility index (Phi) is 6.69. The number of nitrogens with one attached hydrogen (secondary N) is 1. The molecule has 1 aromatic carbocycles. The maximum absolute atomic E-state index is 13.2. The van der Waals surface area contributed by atoms with E-state index in [4.69, 9.17) is 4.74 Å². The Labute approximate surface area is 161 Å². The zero-order chi connectivity index (χ0) is 19.1. The fraction of sp³-hybridized carbons (Fsp3) is 0.455. The Bertz CT molecular complexity index is 712. The molecule has 2 aromatic rings. The van der Waals surface area contributed by atoms with Crippen molar-refractivity contribution < 1.29 is 9.53 Å². The Morgan fingerprint density at radius 3 is 2.59 bits per heavy atom. The molecular weight excluding hydrogens is 338 g/mol. The highest BCUT2D eigenvalue weighted by Gasteiger charge is 2.30. The molecule has 3 rings (SSSR count). The average molecular weight is 367 g/mol. The van der Waals surface area contributed by atoms with Crippen molar-refractivity contribution in [2.45, 2.75) is 58.0 Å². The van der Waals surface area contributed by atoms with Crippen molar-refractivity contribution in [3.8, 4) is 5.75 Å². The number of amides is 2. The fourth-order valence-electron chi connectivity index (χ4n) is 3.79. The van der Waals surface area contributed by atoms with E-state index in [0.29, 0.717) is 6.61 Å². The van der Waals surface area contributed by atoms with Crippen molar-refractivity contribution in [1.29, 1.82) is 0 Å². The van der Waals surface area contributed by atoms with Crippen LogP contribution in [-0.2, 0) is 0 Å². The van der Waals surface area contributed by atoms with E-state index in [-0.39, 0.29) is 18.1 Å². The minimum absolute atomic E-state index is 0.0236. The second-order valence-corrected chi connectivity index (χ2v) is 7.05. The number of urea groups is 1. The molecule has 1 aromatic heterocycles. The van der Waals surface area contributed by atoms with Crippen molar-refractivity contribution in [1.82, 2.24) is 9.88 Å². The molecule has 27 heavy (non-hydrogen) atoms. The Morgan fingerprint density at radius 1 is 1.22 bits per heavy atom. The first-order valence-electron chi connectivity index (χ1n) is 9.91. The number of rotatable bonds is 6. The maximum Gasteiger partial charge on any atom is 0.322 e. The van der Waals surface area contributed by atoms with Crippen LogP contribution in [0.25, 0.3) is 0 Å². The van der Waals surface area contributed by atoms with Gasteiger partial charge in [0.2, 0.25) is 0 Å². The van der Waals surface area contributed by atoms with Gasteiger partial charge in [0.1, 0.15) is 5.75 Å². The zero-order valence-corrected chi connectivity index (χ0v) is 16.2. The molecule has 144 valence electrons. The lowest BCUT2D eigenvalue weighted by Gasteiger charge is -2.38. The monoisotopic (exact) mass is 367 g/mol. The Morgan fingerprint density at radius 2 is 1.96 bits per heavy atom. The van der Waals surface area contributed by atoms with Gasteiger partial charge < -0.3 is 15.0 Å². The van der Waals surface area contributed by atoms with Crippen LogP contribution in [0, 0.1) is 0 Å². The third-order valence-electron chi connectivity index (χ3n) is 5.20. The van der Waals surface area contributed by atoms with E-state index in [1.807, 2.05) is 54.4 Å². The van der Waals surface area contributed by atoms with Gasteiger partial charge in [0.25, 0.3) is 0 Å². The molecule has 0 bridgehead atoms. The summed E-state index contributed by atoms with van der Waals surface area (Å²) in [4.78, 5) is 19.4. The summed E-state index contributed by atoms with van der Waals surface area (Å²) in [5, 5.41) is 3.07. The fourth-order valence-corrected chi connectivity index (χ4v) is 3.79. The highest BCUT2D eigenvalue weighted by atomic mass is 16.5. The molecule has 5 nitrogen and oxygen atoms in total. The number of benzene rings is 1. The van der Waals surface area contributed by atoms with Crippen LogP contribution in [0.1, 0.15) is 57.6 Å². The van der Waals surface area contributed by atoms with Gasteiger partial charge in [0.15, 0.2) is 0 Å². The van der Waals surface area contributed by atoms with E-state index < -0.39 is 0 Å². The number of anilines is 1. The first-order chi connectivity index (χ1) is 13.2. The first-order valence-corrected chi connectivity index (χ1v) is 9.91. The number of aromatic nitrogens is 1. The summed E-state index contributed by atoms with van der Waals surface area (Å²) in [5.41, 5.74) is 1.84. The molecule has 0 unspecified atom stereocenters. The van der Waals surface area contributed by atoms with E-state index in [9.17, 15) is 4.79 Å². The van der Waals surface area contributed by atoms with Gasteiger partial charge in [-0.25, -0.2) is 4.79 Å². The van der Waals surface area contributed by atoms with Crippen molar-refractivity contribution in [2.24, 2.45) is 0 Å². The molecule has 1 aliphatic carbocycles. The van der Waals surface area contributed by atoms with Crippen LogP contribution in [0.3, 0.4) is 0 Å². The van der Waals surface area contributed by atoms with Crippen molar-refractivity contribution >= 4 is 11.7 Å². The number of hydrogen-bond donors (Lipinski definition) is 1. The Hall–Kier alpha value is -2.56. The molecule has 0 saturated heterocycles. The first kappa shape index (κ1) is 19.2. The molecule has 0 spiro atoms. The molecule has 1 aliphatic rings. The van der Waals surface area contributed by atoms with E-state index in [0.717, 1.165) is 29.8 Å². The molecule has 1 N–H and O–H groups in total. The summed E-state index contributed by atoms with van der Waals surface area (Å²) >= 11 is 0. The summed E-state index contributed by atoms with van der Waals surface area (Å²) in [5.74, 6) is 0.809. The lowest BCUT2D eigenvalue weighted by Crippen LogP contribution is -2.45.